The van der Waals surface area contributed by atoms with E-state index < -0.39 is 83.5 Å². The molecule has 0 aromatic carbocycles. The second-order valence-electron chi connectivity index (χ2n) is 10.3. The van der Waals surface area contributed by atoms with Gasteiger partial charge < -0.3 is 45.5 Å². The van der Waals surface area contributed by atoms with Crippen molar-refractivity contribution < 1.29 is 56.7 Å². The van der Waals surface area contributed by atoms with Crippen LogP contribution in [0, 0.1) is 0 Å². The number of phosphoric acid groups is 2. The summed E-state index contributed by atoms with van der Waals surface area (Å²) >= 11 is 0. The van der Waals surface area contributed by atoms with Gasteiger partial charge in [0, 0.05) is 6.20 Å². The molecule has 4 aromatic heterocycles. The van der Waals surface area contributed by atoms with E-state index in [1.165, 1.54) is 17.1 Å². The van der Waals surface area contributed by atoms with E-state index in [0.29, 0.717) is 5.39 Å². The summed E-state index contributed by atoms with van der Waals surface area (Å²) in [6, 6.07) is 1.56. The van der Waals surface area contributed by atoms with E-state index in [0.717, 1.165) is 10.9 Å². The predicted octanol–water partition coefficient (Wildman–Crippen LogP) is -1.74. The van der Waals surface area contributed by atoms with Crippen LogP contribution in [0.2, 0.25) is 0 Å². The molecule has 7 heterocycles. The van der Waals surface area contributed by atoms with Gasteiger partial charge in [0.2, 0.25) is 5.95 Å². The van der Waals surface area contributed by atoms with Crippen LogP contribution in [0.25, 0.3) is 22.2 Å². The molecule has 2 bridgehead atoms. The van der Waals surface area contributed by atoms with Gasteiger partial charge in [-0.15, -0.1) is 0 Å². The van der Waals surface area contributed by atoms with Gasteiger partial charge in [-0.05, 0) is 6.07 Å². The van der Waals surface area contributed by atoms with E-state index in [-0.39, 0.29) is 28.6 Å². The maximum atomic E-state index is 13.2. The summed E-state index contributed by atoms with van der Waals surface area (Å²) in [6.07, 6.45) is -8.73. The number of phosphoric ester groups is 2. The van der Waals surface area contributed by atoms with Gasteiger partial charge in [-0.3, -0.25) is 32.4 Å². The lowest BCUT2D eigenvalue weighted by atomic mass is 10.1. The topological polar surface area (TPSA) is 317 Å². The molecule has 10 unspecified atom stereocenters. The summed E-state index contributed by atoms with van der Waals surface area (Å²) in [5, 5.41) is 22.6. The second kappa shape index (κ2) is 10.9. The number of nitrogens with one attached hydrogen (secondary N) is 1. The highest BCUT2D eigenvalue weighted by Crippen LogP contribution is 2.53. The van der Waals surface area contributed by atoms with E-state index in [2.05, 4.69) is 24.9 Å². The number of aromatic nitrogens is 7. The molecule has 24 heteroatoms. The van der Waals surface area contributed by atoms with Crippen LogP contribution in [0.4, 0.5) is 11.8 Å². The molecule has 0 radical (unpaired) electrons. The van der Waals surface area contributed by atoms with Crippen molar-refractivity contribution in [3.63, 3.8) is 0 Å². The summed E-state index contributed by atoms with van der Waals surface area (Å²) in [5.41, 5.74) is 10.8. The molecule has 3 fully saturated rings. The number of H-pyrrole nitrogens is 1. The minimum absolute atomic E-state index is 0.124. The molecule has 3 aliphatic heterocycles. The van der Waals surface area contributed by atoms with Crippen LogP contribution >= 0.6 is 15.6 Å². The van der Waals surface area contributed by atoms with Gasteiger partial charge in [0.1, 0.15) is 54.4 Å². The summed E-state index contributed by atoms with van der Waals surface area (Å²) in [7, 11) is -10.2. The van der Waals surface area contributed by atoms with E-state index in [1.54, 1.807) is 6.07 Å². The summed E-state index contributed by atoms with van der Waals surface area (Å²) < 4.78 is 61.3. The number of imidazole rings is 1. The first-order valence-electron chi connectivity index (χ1n) is 13.1. The molecule has 22 nitrogen and oxygen atoms in total. The molecule has 3 saturated heterocycles. The summed E-state index contributed by atoms with van der Waals surface area (Å²) in [6.45, 7) is -1.62. The number of nitrogens with zero attached hydrogens (tertiary/aromatic N) is 6. The van der Waals surface area contributed by atoms with E-state index >= 15 is 0 Å². The Morgan fingerprint density at radius 1 is 0.889 bits per heavy atom. The Labute approximate surface area is 249 Å². The number of anilines is 2. The van der Waals surface area contributed by atoms with Crippen molar-refractivity contribution in [1.82, 2.24) is 34.1 Å². The molecule has 0 saturated carbocycles. The van der Waals surface area contributed by atoms with Crippen molar-refractivity contribution in [3.05, 3.63) is 35.3 Å². The molecule has 0 spiro atoms. The Morgan fingerprint density at radius 3 is 2.33 bits per heavy atom. The number of aromatic amines is 1. The number of aliphatic hydroxyl groups is 2. The minimum atomic E-state index is -5.10. The van der Waals surface area contributed by atoms with Gasteiger partial charge in [-0.2, -0.15) is 4.98 Å². The van der Waals surface area contributed by atoms with Crippen molar-refractivity contribution in [2.75, 3.05) is 24.7 Å². The summed E-state index contributed by atoms with van der Waals surface area (Å²) in [5.74, 6) is -0.135. The standard InChI is InChI=1S/C21H25N9O13P2/c22-15-7-1-2-29(16(7)25-5-24-15)19-12(32)13-9(41-19)4-39-45(36,37)43-14-11(31)8(3-38-44(34,35)42-13)40-20(14)30-6-26-10-17(30)27-21(23)28-18(10)33/h1-2,5-6,8-9,11-14,19-20,31-32H,3-4H2,(H,34,35)(H,36,37)(H2,22,24,25)(H3,23,27,28,33). The highest BCUT2D eigenvalue weighted by molar-refractivity contribution is 7.47. The van der Waals surface area contributed by atoms with Crippen LogP contribution in [-0.4, -0.2) is 104 Å². The van der Waals surface area contributed by atoms with Crippen LogP contribution in [0.1, 0.15) is 12.5 Å². The second-order valence-corrected chi connectivity index (χ2v) is 13.1. The number of rotatable bonds is 2. The first kappa shape index (κ1) is 30.3. The molecule has 0 amide bonds. The first-order chi connectivity index (χ1) is 21.3. The zero-order valence-corrected chi connectivity index (χ0v) is 24.3. The van der Waals surface area contributed by atoms with Gasteiger partial charge in [-0.25, -0.2) is 24.1 Å². The maximum absolute atomic E-state index is 13.2. The van der Waals surface area contributed by atoms with E-state index in [1.807, 2.05) is 0 Å². The monoisotopic (exact) mass is 673 g/mol. The zero-order chi connectivity index (χ0) is 31.8. The normalized spacial score (nSPS) is 37.7. The zero-order valence-electron chi connectivity index (χ0n) is 22.5. The van der Waals surface area contributed by atoms with Gasteiger partial charge >= 0.3 is 15.6 Å². The van der Waals surface area contributed by atoms with Crippen molar-refractivity contribution in [1.29, 1.82) is 0 Å². The van der Waals surface area contributed by atoms with Gasteiger partial charge in [0.05, 0.1) is 24.9 Å². The van der Waals surface area contributed by atoms with Crippen LogP contribution in [-0.2, 0) is 36.7 Å². The van der Waals surface area contributed by atoms with Crippen LogP contribution in [0.3, 0.4) is 0 Å². The smallest absolute Gasteiger partial charge is 0.387 e. The quantitative estimate of drug-likeness (QED) is 0.116. The van der Waals surface area contributed by atoms with Crippen LogP contribution in [0.15, 0.2) is 29.7 Å². The Hall–Kier alpha value is -3.37. The average molecular weight is 673 g/mol. The maximum Gasteiger partial charge on any atom is 0.472 e. The fourth-order valence-corrected chi connectivity index (χ4v) is 7.33. The molecule has 9 N–H and O–H groups in total. The average Bonchev–Trinajstić information content (AvgIpc) is 3.72. The molecular formula is C21H25N9O13P2. The van der Waals surface area contributed by atoms with Crippen molar-refractivity contribution >= 4 is 49.6 Å². The van der Waals surface area contributed by atoms with Gasteiger partial charge in [0.15, 0.2) is 23.6 Å². The number of fused-ring (bicyclic) bond motifs is 5. The highest BCUT2D eigenvalue weighted by Gasteiger charge is 2.53. The third-order valence-electron chi connectivity index (χ3n) is 7.47. The third kappa shape index (κ3) is 5.33. The Balaban J connectivity index is 1.21. The lowest BCUT2D eigenvalue weighted by Gasteiger charge is -2.25. The minimum Gasteiger partial charge on any atom is -0.387 e. The molecule has 3 aliphatic rings. The molecule has 7 rings (SSSR count). The molecule has 0 aliphatic carbocycles. The highest BCUT2D eigenvalue weighted by atomic mass is 31.2. The van der Waals surface area contributed by atoms with Crippen LogP contribution < -0.4 is 17.0 Å². The molecule has 45 heavy (non-hydrogen) atoms. The van der Waals surface area contributed by atoms with Crippen LogP contribution in [0.5, 0.6) is 0 Å². The Bertz CT molecular complexity index is 1930. The molecule has 4 aromatic rings. The van der Waals surface area contributed by atoms with Crippen molar-refractivity contribution in [3.8, 4) is 0 Å². The van der Waals surface area contributed by atoms with Gasteiger partial charge in [-0.1, -0.05) is 0 Å². The number of hydrogen-bond acceptors (Lipinski definition) is 17. The fourth-order valence-electron chi connectivity index (χ4n) is 5.44. The van der Waals surface area contributed by atoms with Crippen molar-refractivity contribution in [2.24, 2.45) is 0 Å². The largest absolute Gasteiger partial charge is 0.472 e. The number of nitrogens with two attached hydrogens (primary N) is 2. The number of ether oxygens (including phenoxy) is 2. The lowest BCUT2D eigenvalue weighted by molar-refractivity contribution is -0.0671. The Morgan fingerprint density at radius 2 is 1.58 bits per heavy atom. The number of nitrogen functional groups attached to an aromatic ring is 2. The third-order valence-corrected chi connectivity index (χ3v) is 9.45. The Kier molecular flexibility index (Phi) is 7.32. The molecular weight excluding hydrogens is 648 g/mol. The fraction of sp³-hybridized carbons (Fsp3) is 0.476. The van der Waals surface area contributed by atoms with Crippen molar-refractivity contribution in [2.45, 2.75) is 49.1 Å². The number of aliphatic hydroxyl groups excluding tert-OH is 2. The van der Waals surface area contributed by atoms with Gasteiger partial charge in [0.25, 0.3) is 5.56 Å². The molecule has 10 atom stereocenters. The predicted molar refractivity (Wildman–Crippen MR) is 146 cm³/mol. The van der Waals surface area contributed by atoms with E-state index in [9.17, 15) is 33.9 Å². The van der Waals surface area contributed by atoms with E-state index in [4.69, 9.17) is 39.0 Å². The number of hydrogen-bond donors (Lipinski definition) is 7. The first-order valence-corrected chi connectivity index (χ1v) is 16.1. The SMILES string of the molecule is Nc1nc2c(ncn2C2OC3COP(=O)(O)OC4C(COP(=O)(O)OC2C3O)OC(n2ccc3c(N)ncnc32)C4O)c(=O)[nH]1. The molecule has 242 valence electrons. The lowest BCUT2D eigenvalue weighted by Crippen LogP contribution is -2.36. The summed E-state index contributed by atoms with van der Waals surface area (Å²) in [4.78, 5) is 51.8.